The van der Waals surface area contributed by atoms with Crippen molar-refractivity contribution in [2.24, 2.45) is 0 Å². The summed E-state index contributed by atoms with van der Waals surface area (Å²) in [5, 5.41) is 25.0. The molecule has 2 amide bonds. The third-order valence-electron chi connectivity index (χ3n) is 9.48. The third-order valence-corrected chi connectivity index (χ3v) is 11.8. The number of hydrogen-bond donors (Lipinski definition) is 7. The lowest BCUT2D eigenvalue weighted by Crippen LogP contribution is -2.22. The fraction of sp³-hybridized carbons (Fsp3) is 0.213. The van der Waals surface area contributed by atoms with Gasteiger partial charge in [0.25, 0.3) is 0 Å². The first kappa shape index (κ1) is 61.8. The molecule has 10 N–H and O–H groups in total. The molecule has 0 aliphatic heterocycles. The van der Waals surface area contributed by atoms with Gasteiger partial charge >= 0.3 is 35.2 Å². The highest BCUT2D eigenvalue weighted by atomic mass is 127. The van der Waals surface area contributed by atoms with E-state index in [1.807, 2.05) is 51.2 Å². The van der Waals surface area contributed by atoms with Gasteiger partial charge in [-0.15, -0.1) is 0 Å². The summed E-state index contributed by atoms with van der Waals surface area (Å²) in [5.41, 5.74) is 16.0. The number of Topliss-reactive ketones (excluding diaryl/α,β-unsaturated/α-hetero) is 1. The minimum Gasteiger partial charge on any atom is -0.501 e. The second kappa shape index (κ2) is 29.5. The number of aromatic nitrogens is 6. The van der Waals surface area contributed by atoms with Gasteiger partial charge in [-0.2, -0.15) is 0 Å². The van der Waals surface area contributed by atoms with Gasteiger partial charge in [0.2, 0.25) is 11.5 Å². The van der Waals surface area contributed by atoms with Gasteiger partial charge in [0, 0.05) is 51.1 Å². The lowest BCUT2D eigenvalue weighted by Gasteiger charge is -2.12. The fourth-order valence-electron chi connectivity index (χ4n) is 6.06. The molecule has 0 atom stereocenters. The smallest absolute Gasteiger partial charge is 0.411 e. The molecule has 0 bridgehead atoms. The van der Waals surface area contributed by atoms with Gasteiger partial charge in [-0.3, -0.25) is 38.6 Å². The Morgan fingerprint density at radius 1 is 0.671 bits per heavy atom. The summed E-state index contributed by atoms with van der Waals surface area (Å²) in [6.45, 7) is 5.75. The van der Waals surface area contributed by atoms with E-state index < -0.39 is 57.9 Å². The maximum atomic E-state index is 13.0. The average Bonchev–Trinajstić information content (AvgIpc) is 3.36. The Hall–Kier alpha value is -6.76. The van der Waals surface area contributed by atoms with Gasteiger partial charge in [0.15, 0.2) is 28.5 Å². The number of pyridine rings is 4. The summed E-state index contributed by atoms with van der Waals surface area (Å²) in [6.07, 6.45) is 5.09. The SMILES string of the molecule is CCOC(=O)Cc1cc(I)cnc1N.CCOC(=O)Nc1cc(I)cn2c(=O)c(O)c(C(=O)CCc3ccc(F)cc3)nc12.CCOC(=O)Nc1cc(I)cn2c(=O)c(O)c(C(=O)OC)nc12.Nc1cc(I)cnc1N. The summed E-state index contributed by atoms with van der Waals surface area (Å²) in [7, 11) is 1.09. The molecule has 6 heterocycles. The van der Waals surface area contributed by atoms with Crippen molar-refractivity contribution in [2.45, 2.75) is 40.0 Å². The number of ketones is 1. The Kier molecular flexibility index (Phi) is 24.0. The highest BCUT2D eigenvalue weighted by Crippen LogP contribution is 2.24. The number of carbonyl (C=O) groups excluding carboxylic acids is 5. The number of benzene rings is 1. The molecule has 0 aliphatic rings. The monoisotopic (exact) mass is 1500 g/mol. The number of fused-ring (bicyclic) bond motifs is 2. The molecular formula is C47H46FI4N11O13. The fourth-order valence-corrected chi connectivity index (χ4v) is 8.23. The molecule has 0 aliphatic carbocycles. The van der Waals surface area contributed by atoms with Crippen LogP contribution in [-0.4, -0.2) is 95.8 Å². The van der Waals surface area contributed by atoms with Gasteiger partial charge in [0.1, 0.15) is 17.5 Å². The summed E-state index contributed by atoms with van der Waals surface area (Å²) in [6, 6.07) is 12.4. The van der Waals surface area contributed by atoms with E-state index in [1.165, 1.54) is 30.6 Å². The second-order valence-electron chi connectivity index (χ2n) is 14.8. The number of rotatable bonds is 12. The van der Waals surface area contributed by atoms with Crippen molar-refractivity contribution in [3.63, 3.8) is 0 Å². The van der Waals surface area contributed by atoms with Crippen molar-refractivity contribution < 1.29 is 57.5 Å². The maximum Gasteiger partial charge on any atom is 0.411 e. The topological polar surface area (TPSA) is 359 Å². The number of methoxy groups -OCH3 is 1. The van der Waals surface area contributed by atoms with E-state index in [2.05, 4.69) is 80.5 Å². The van der Waals surface area contributed by atoms with Gasteiger partial charge in [0.05, 0.1) is 50.4 Å². The number of nitrogens with one attached hydrogen (secondary N) is 2. The van der Waals surface area contributed by atoms with Crippen molar-refractivity contribution in [1.82, 2.24) is 28.7 Å². The van der Waals surface area contributed by atoms with Crippen LogP contribution in [0, 0.1) is 20.1 Å². The van der Waals surface area contributed by atoms with Crippen LogP contribution in [0.2, 0.25) is 0 Å². The third kappa shape index (κ3) is 17.7. The van der Waals surface area contributed by atoms with Crippen molar-refractivity contribution in [3.05, 3.63) is 137 Å². The Labute approximate surface area is 485 Å². The van der Waals surface area contributed by atoms with Gasteiger partial charge < -0.3 is 46.4 Å². The summed E-state index contributed by atoms with van der Waals surface area (Å²) >= 11 is 8.11. The molecule has 7 aromatic rings. The normalized spacial score (nSPS) is 10.3. The number of esters is 2. The van der Waals surface area contributed by atoms with Crippen LogP contribution in [0.25, 0.3) is 11.3 Å². The number of nitrogen functional groups attached to an aromatic ring is 3. The average molecular weight is 1500 g/mol. The molecular weight excluding hydrogens is 1450 g/mol. The minimum absolute atomic E-state index is 0.00333. The van der Waals surface area contributed by atoms with Crippen LogP contribution >= 0.6 is 90.4 Å². The second-order valence-corrected chi connectivity index (χ2v) is 19.8. The van der Waals surface area contributed by atoms with Gasteiger partial charge in [-0.1, -0.05) is 12.1 Å². The lowest BCUT2D eigenvalue weighted by molar-refractivity contribution is -0.142. The Balaban J connectivity index is 0.000000238. The number of halogens is 5. The standard InChI is InChI=1S/C20H17FIN3O5.C13H12IN3O6.C9H11IN2O2.C5H6IN3/c1-2-30-20(29)23-14-9-13(22)10-25-18(14)24-16(17(27)19(25)28)15(26)8-5-11-3-6-12(21)7-4-11;1-3-23-13(21)15-7-4-6(14)5-17-10(7)16-8(12(20)22-2)9(18)11(17)19;1-2-14-8(13)4-6-3-7(10)5-12-9(6)11;6-3-1-4(7)5(8)9-2-3/h3-4,6-7,9-10,27H,2,5,8H2,1H3,(H,23,29);4-5,18H,3H2,1-2H3,(H,15,21);3,5H,2,4H2,1H3,(H2,11,12);1-2H,7H2,(H2,8,9). The Bertz CT molecular complexity index is 3410. The maximum absolute atomic E-state index is 13.0. The minimum atomic E-state index is -0.970. The van der Waals surface area contributed by atoms with E-state index in [9.17, 15) is 48.2 Å². The molecule has 76 heavy (non-hydrogen) atoms. The van der Waals surface area contributed by atoms with E-state index in [4.69, 9.17) is 31.4 Å². The van der Waals surface area contributed by atoms with Crippen molar-refractivity contribution in [1.29, 1.82) is 0 Å². The summed E-state index contributed by atoms with van der Waals surface area (Å²) in [5.74, 6) is -3.01. The van der Waals surface area contributed by atoms with Crippen LogP contribution in [0.15, 0.2) is 82.9 Å². The van der Waals surface area contributed by atoms with Crippen LogP contribution in [0.3, 0.4) is 0 Å². The van der Waals surface area contributed by atoms with Crippen molar-refractivity contribution in [2.75, 3.05) is 54.8 Å². The number of anilines is 5. The first-order valence-corrected chi connectivity index (χ1v) is 26.2. The molecule has 1 aromatic carbocycles. The zero-order valence-electron chi connectivity index (χ0n) is 40.4. The molecule has 0 spiro atoms. The first-order valence-electron chi connectivity index (χ1n) is 21.9. The molecule has 6 aromatic heterocycles. The molecule has 0 saturated heterocycles. The zero-order chi connectivity index (χ0) is 56.4. The number of aryl methyl sites for hydroxylation is 1. The molecule has 0 saturated carbocycles. The quantitative estimate of drug-likeness (QED) is 0.0277. The number of nitrogens with zero attached hydrogens (tertiary/aromatic N) is 6. The number of nitrogens with two attached hydrogens (primary N) is 3. The number of aromatic hydroxyl groups is 2. The van der Waals surface area contributed by atoms with Crippen LogP contribution < -0.4 is 39.0 Å². The highest BCUT2D eigenvalue weighted by Gasteiger charge is 2.23. The van der Waals surface area contributed by atoms with E-state index in [1.54, 1.807) is 57.4 Å². The molecule has 7 rings (SSSR count). The van der Waals surface area contributed by atoms with E-state index in [0.717, 1.165) is 34.2 Å². The largest absolute Gasteiger partial charge is 0.501 e. The van der Waals surface area contributed by atoms with Crippen molar-refractivity contribution >= 4 is 160 Å². The number of carbonyl (C=O) groups is 5. The molecule has 0 unspecified atom stereocenters. The van der Waals surface area contributed by atoms with Gasteiger partial charge in [-0.25, -0.2) is 38.7 Å². The Morgan fingerprint density at radius 2 is 1.14 bits per heavy atom. The summed E-state index contributed by atoms with van der Waals surface area (Å²) < 4.78 is 37.1. The molecule has 0 fully saturated rings. The number of ether oxygens (including phenoxy) is 4. The highest BCUT2D eigenvalue weighted by molar-refractivity contribution is 14.1. The Morgan fingerprint density at radius 3 is 1.62 bits per heavy atom. The zero-order valence-corrected chi connectivity index (χ0v) is 49.0. The van der Waals surface area contributed by atoms with Crippen molar-refractivity contribution in [3.8, 4) is 11.5 Å². The van der Waals surface area contributed by atoms with Crippen LogP contribution in [0.4, 0.5) is 42.7 Å². The molecule has 402 valence electrons. The van der Waals surface area contributed by atoms with Crippen LogP contribution in [0.1, 0.15) is 59.3 Å². The van der Waals surface area contributed by atoms with E-state index in [0.29, 0.717) is 31.1 Å². The number of hydrogen-bond acceptors (Lipinski definition) is 20. The van der Waals surface area contributed by atoms with E-state index in [-0.39, 0.29) is 66.9 Å². The number of amides is 2. The van der Waals surface area contributed by atoms with Gasteiger partial charge in [-0.05, 0) is 160 Å². The summed E-state index contributed by atoms with van der Waals surface area (Å²) in [4.78, 5) is 99.5. The molecule has 0 radical (unpaired) electrons. The predicted octanol–water partition coefficient (Wildman–Crippen LogP) is 7.11. The predicted molar refractivity (Wildman–Crippen MR) is 311 cm³/mol. The van der Waals surface area contributed by atoms with Crippen LogP contribution in [-0.2, 0) is 36.6 Å². The van der Waals surface area contributed by atoms with E-state index >= 15 is 0 Å². The van der Waals surface area contributed by atoms with Crippen LogP contribution in [0.5, 0.6) is 11.5 Å². The molecule has 24 nitrogen and oxygen atoms in total. The first-order chi connectivity index (χ1) is 36.0. The molecule has 29 heteroatoms. The lowest BCUT2D eigenvalue weighted by atomic mass is 10.1.